The zero-order chi connectivity index (χ0) is 18.1. The van der Waals surface area contributed by atoms with E-state index in [4.69, 9.17) is 9.47 Å². The van der Waals surface area contributed by atoms with Crippen LogP contribution >= 0.6 is 0 Å². The SMILES string of the molecule is COc1ccc(-c2cc3ncc(-c4ccccc4)cc3n2C)cc1OC. The van der Waals surface area contributed by atoms with Crippen LogP contribution in [0.4, 0.5) is 0 Å². The van der Waals surface area contributed by atoms with Crippen LogP contribution in [0.3, 0.4) is 0 Å². The van der Waals surface area contributed by atoms with Gasteiger partial charge in [0.1, 0.15) is 0 Å². The third-order valence-corrected chi connectivity index (χ3v) is 4.68. The number of rotatable bonds is 4. The molecule has 4 aromatic rings. The van der Waals surface area contributed by atoms with Gasteiger partial charge in [-0.05, 0) is 35.9 Å². The average molecular weight is 344 g/mol. The van der Waals surface area contributed by atoms with Crippen molar-refractivity contribution in [2.24, 2.45) is 7.05 Å². The number of aryl methyl sites for hydroxylation is 1. The minimum atomic E-state index is 0.716. The van der Waals surface area contributed by atoms with Crippen molar-refractivity contribution in [2.75, 3.05) is 14.2 Å². The van der Waals surface area contributed by atoms with Crippen LogP contribution in [0, 0.1) is 0 Å². The first-order valence-electron chi connectivity index (χ1n) is 8.44. The van der Waals surface area contributed by atoms with Crippen molar-refractivity contribution in [3.63, 3.8) is 0 Å². The summed E-state index contributed by atoms with van der Waals surface area (Å²) in [6.45, 7) is 0. The standard InChI is InChI=1S/C22H20N2O2/c1-24-19(16-9-10-21(25-2)22(12-16)26-3)13-18-20(24)11-17(14-23-18)15-7-5-4-6-8-15/h4-14H,1-3H3. The molecule has 2 aromatic carbocycles. The second-order valence-electron chi connectivity index (χ2n) is 6.15. The molecule has 0 bridgehead atoms. The lowest BCUT2D eigenvalue weighted by Crippen LogP contribution is -1.94. The van der Waals surface area contributed by atoms with Crippen LogP contribution in [-0.2, 0) is 7.05 Å². The van der Waals surface area contributed by atoms with Crippen molar-refractivity contribution in [1.82, 2.24) is 9.55 Å². The van der Waals surface area contributed by atoms with Gasteiger partial charge in [-0.3, -0.25) is 4.98 Å². The molecule has 0 N–H and O–H groups in total. The molecule has 4 nitrogen and oxygen atoms in total. The van der Waals surface area contributed by atoms with Gasteiger partial charge in [-0.25, -0.2) is 0 Å². The highest BCUT2D eigenvalue weighted by Gasteiger charge is 2.13. The van der Waals surface area contributed by atoms with Crippen LogP contribution < -0.4 is 9.47 Å². The van der Waals surface area contributed by atoms with Crippen LogP contribution in [0.1, 0.15) is 0 Å². The van der Waals surface area contributed by atoms with Crippen molar-refractivity contribution in [3.05, 3.63) is 66.9 Å². The molecule has 0 amide bonds. The van der Waals surface area contributed by atoms with Crippen LogP contribution in [0.2, 0.25) is 0 Å². The third-order valence-electron chi connectivity index (χ3n) is 4.68. The van der Waals surface area contributed by atoms with Crippen molar-refractivity contribution in [2.45, 2.75) is 0 Å². The molecule has 2 aromatic heterocycles. The van der Waals surface area contributed by atoms with Gasteiger partial charge >= 0.3 is 0 Å². The predicted octanol–water partition coefficient (Wildman–Crippen LogP) is 4.92. The molecular formula is C22H20N2O2. The summed E-state index contributed by atoms with van der Waals surface area (Å²) in [5, 5.41) is 0. The monoisotopic (exact) mass is 344 g/mol. The highest BCUT2D eigenvalue weighted by atomic mass is 16.5. The van der Waals surface area contributed by atoms with E-state index in [0.717, 1.165) is 39.2 Å². The van der Waals surface area contributed by atoms with Gasteiger partial charge in [0.25, 0.3) is 0 Å². The Morgan fingerprint density at radius 1 is 0.769 bits per heavy atom. The van der Waals surface area contributed by atoms with Gasteiger partial charge in [0.05, 0.1) is 30.9 Å². The third kappa shape index (κ3) is 2.69. The molecule has 0 spiro atoms. The maximum Gasteiger partial charge on any atom is 0.161 e. The minimum Gasteiger partial charge on any atom is -0.493 e. The Morgan fingerprint density at radius 2 is 1.54 bits per heavy atom. The number of aromatic nitrogens is 2. The summed E-state index contributed by atoms with van der Waals surface area (Å²) < 4.78 is 12.9. The van der Waals surface area contributed by atoms with Gasteiger partial charge in [-0.2, -0.15) is 0 Å². The summed E-state index contributed by atoms with van der Waals surface area (Å²) in [6, 6.07) is 20.5. The number of ether oxygens (including phenoxy) is 2. The number of hydrogen-bond acceptors (Lipinski definition) is 3. The zero-order valence-corrected chi connectivity index (χ0v) is 15.1. The van der Waals surface area contributed by atoms with E-state index in [1.54, 1.807) is 14.2 Å². The van der Waals surface area contributed by atoms with Crippen LogP contribution in [0.5, 0.6) is 11.5 Å². The van der Waals surface area contributed by atoms with Gasteiger partial charge in [-0.15, -0.1) is 0 Å². The summed E-state index contributed by atoms with van der Waals surface area (Å²) in [5.74, 6) is 1.44. The summed E-state index contributed by atoms with van der Waals surface area (Å²) in [6.07, 6.45) is 1.93. The largest absolute Gasteiger partial charge is 0.493 e. The minimum absolute atomic E-state index is 0.716. The fourth-order valence-corrected chi connectivity index (χ4v) is 3.26. The van der Waals surface area contributed by atoms with E-state index >= 15 is 0 Å². The van der Waals surface area contributed by atoms with E-state index in [9.17, 15) is 0 Å². The van der Waals surface area contributed by atoms with Crippen LogP contribution in [0.25, 0.3) is 33.4 Å². The Hall–Kier alpha value is -3.27. The fourth-order valence-electron chi connectivity index (χ4n) is 3.26. The molecule has 26 heavy (non-hydrogen) atoms. The van der Waals surface area contributed by atoms with Crippen molar-refractivity contribution >= 4 is 11.0 Å². The van der Waals surface area contributed by atoms with E-state index < -0.39 is 0 Å². The lowest BCUT2D eigenvalue weighted by molar-refractivity contribution is 0.355. The first kappa shape index (κ1) is 16.2. The number of fused-ring (bicyclic) bond motifs is 1. The van der Waals surface area contributed by atoms with Gasteiger partial charge in [0.2, 0.25) is 0 Å². The highest BCUT2D eigenvalue weighted by molar-refractivity contribution is 5.87. The maximum absolute atomic E-state index is 5.44. The second-order valence-corrected chi connectivity index (χ2v) is 6.15. The van der Waals surface area contributed by atoms with Gasteiger partial charge < -0.3 is 14.0 Å². The molecule has 0 atom stereocenters. The quantitative estimate of drug-likeness (QED) is 0.527. The van der Waals surface area contributed by atoms with Gasteiger partial charge in [-0.1, -0.05) is 30.3 Å². The smallest absolute Gasteiger partial charge is 0.161 e. The molecular weight excluding hydrogens is 324 g/mol. The zero-order valence-electron chi connectivity index (χ0n) is 15.1. The summed E-state index contributed by atoms with van der Waals surface area (Å²) in [5.41, 5.74) is 6.48. The molecule has 0 radical (unpaired) electrons. The van der Waals surface area contributed by atoms with Crippen molar-refractivity contribution in [1.29, 1.82) is 0 Å². The molecule has 4 rings (SSSR count). The average Bonchev–Trinajstić information content (AvgIpc) is 3.04. The Morgan fingerprint density at radius 3 is 2.27 bits per heavy atom. The normalized spacial score (nSPS) is 10.9. The Bertz CT molecular complexity index is 1070. The molecule has 0 aliphatic rings. The number of methoxy groups -OCH3 is 2. The number of nitrogens with zero attached hydrogens (tertiary/aromatic N) is 2. The highest BCUT2D eigenvalue weighted by Crippen LogP contribution is 2.34. The van der Waals surface area contributed by atoms with Crippen molar-refractivity contribution in [3.8, 4) is 33.9 Å². The lowest BCUT2D eigenvalue weighted by Gasteiger charge is -2.10. The van der Waals surface area contributed by atoms with Crippen LogP contribution in [-0.4, -0.2) is 23.8 Å². The van der Waals surface area contributed by atoms with E-state index in [-0.39, 0.29) is 0 Å². The topological polar surface area (TPSA) is 36.3 Å². The molecule has 0 aliphatic carbocycles. The summed E-state index contributed by atoms with van der Waals surface area (Å²) in [4.78, 5) is 4.66. The first-order chi connectivity index (χ1) is 12.7. The second kappa shape index (κ2) is 6.56. The number of hydrogen-bond donors (Lipinski definition) is 0. The Balaban J connectivity index is 1.84. The maximum atomic E-state index is 5.44. The molecule has 0 fully saturated rings. The van der Waals surface area contributed by atoms with E-state index in [1.807, 2.05) is 42.6 Å². The molecule has 0 unspecified atom stereocenters. The van der Waals surface area contributed by atoms with E-state index in [0.29, 0.717) is 5.75 Å². The number of pyridine rings is 1. The van der Waals surface area contributed by atoms with Crippen LogP contribution in [0.15, 0.2) is 66.9 Å². The summed E-state index contributed by atoms with van der Waals surface area (Å²) in [7, 11) is 5.35. The van der Waals surface area contributed by atoms with E-state index in [1.165, 1.54) is 0 Å². The Kier molecular flexibility index (Phi) is 4.09. The molecule has 0 saturated heterocycles. The van der Waals surface area contributed by atoms with Gasteiger partial charge in [0.15, 0.2) is 11.5 Å². The molecule has 130 valence electrons. The predicted molar refractivity (Wildman–Crippen MR) is 105 cm³/mol. The first-order valence-corrected chi connectivity index (χ1v) is 8.44. The molecule has 0 saturated carbocycles. The lowest BCUT2D eigenvalue weighted by atomic mass is 10.1. The molecule has 0 aliphatic heterocycles. The van der Waals surface area contributed by atoms with Crippen molar-refractivity contribution < 1.29 is 9.47 Å². The Labute approximate surface area is 152 Å². The molecule has 4 heteroatoms. The number of benzene rings is 2. The van der Waals surface area contributed by atoms with E-state index in [2.05, 4.69) is 40.9 Å². The molecule has 2 heterocycles. The summed E-state index contributed by atoms with van der Waals surface area (Å²) >= 11 is 0. The fraction of sp³-hybridized carbons (Fsp3) is 0.136. The van der Waals surface area contributed by atoms with Gasteiger partial charge in [0, 0.05) is 24.4 Å².